The SMILES string of the molecule is CCCNc1ncccc1C(=O)NC1CCC(OC)C1. The van der Waals surface area contributed by atoms with Crippen LogP contribution in [-0.2, 0) is 4.74 Å². The van der Waals surface area contributed by atoms with Gasteiger partial charge < -0.3 is 15.4 Å². The first kappa shape index (κ1) is 14.8. The Bertz CT molecular complexity index is 450. The monoisotopic (exact) mass is 277 g/mol. The molecule has 2 atom stereocenters. The Morgan fingerprint density at radius 2 is 2.35 bits per heavy atom. The molecule has 2 N–H and O–H groups in total. The fourth-order valence-corrected chi connectivity index (χ4v) is 2.52. The molecule has 1 amide bonds. The minimum Gasteiger partial charge on any atom is -0.381 e. The highest BCUT2D eigenvalue weighted by molar-refractivity contribution is 5.98. The van der Waals surface area contributed by atoms with E-state index in [1.54, 1.807) is 19.4 Å². The summed E-state index contributed by atoms with van der Waals surface area (Å²) in [5.41, 5.74) is 0.613. The van der Waals surface area contributed by atoms with Gasteiger partial charge in [0, 0.05) is 25.9 Å². The molecule has 0 aliphatic heterocycles. The number of anilines is 1. The van der Waals surface area contributed by atoms with Gasteiger partial charge in [-0.05, 0) is 37.8 Å². The van der Waals surface area contributed by atoms with E-state index in [0.29, 0.717) is 11.4 Å². The Morgan fingerprint density at radius 1 is 1.50 bits per heavy atom. The van der Waals surface area contributed by atoms with Crippen LogP contribution in [0.3, 0.4) is 0 Å². The molecule has 5 heteroatoms. The largest absolute Gasteiger partial charge is 0.381 e. The summed E-state index contributed by atoms with van der Waals surface area (Å²) in [7, 11) is 1.72. The molecule has 2 unspecified atom stereocenters. The fourth-order valence-electron chi connectivity index (χ4n) is 2.52. The van der Waals surface area contributed by atoms with Gasteiger partial charge in [0.2, 0.25) is 0 Å². The molecule has 1 fully saturated rings. The van der Waals surface area contributed by atoms with Crippen molar-refractivity contribution in [3.63, 3.8) is 0 Å². The summed E-state index contributed by atoms with van der Waals surface area (Å²) in [4.78, 5) is 16.6. The van der Waals surface area contributed by atoms with Crippen LogP contribution in [0.4, 0.5) is 5.82 Å². The second-order valence-corrected chi connectivity index (χ2v) is 5.17. The van der Waals surface area contributed by atoms with Crippen molar-refractivity contribution < 1.29 is 9.53 Å². The average Bonchev–Trinajstić information content (AvgIpc) is 2.93. The van der Waals surface area contributed by atoms with Crippen molar-refractivity contribution in [1.29, 1.82) is 0 Å². The third-order valence-electron chi connectivity index (χ3n) is 3.65. The van der Waals surface area contributed by atoms with E-state index in [0.717, 1.165) is 32.2 Å². The molecule has 5 nitrogen and oxygen atoms in total. The predicted molar refractivity (Wildman–Crippen MR) is 78.9 cm³/mol. The number of pyridine rings is 1. The van der Waals surface area contributed by atoms with Crippen LogP contribution in [0.15, 0.2) is 18.3 Å². The predicted octanol–water partition coefficient (Wildman–Crippen LogP) is 2.20. The summed E-state index contributed by atoms with van der Waals surface area (Å²) >= 11 is 0. The molecule has 1 aromatic rings. The molecular formula is C15H23N3O2. The zero-order chi connectivity index (χ0) is 14.4. The Labute approximate surface area is 120 Å². The van der Waals surface area contributed by atoms with Gasteiger partial charge in [0.15, 0.2) is 0 Å². The van der Waals surface area contributed by atoms with E-state index >= 15 is 0 Å². The van der Waals surface area contributed by atoms with Gasteiger partial charge in [-0.2, -0.15) is 0 Å². The fraction of sp³-hybridized carbons (Fsp3) is 0.600. The highest BCUT2D eigenvalue weighted by Crippen LogP contribution is 2.22. The zero-order valence-corrected chi connectivity index (χ0v) is 12.2. The van der Waals surface area contributed by atoms with E-state index in [9.17, 15) is 4.79 Å². The molecule has 2 rings (SSSR count). The standard InChI is InChI=1S/C15H23N3O2/c1-3-8-16-14-13(5-4-9-17-14)15(19)18-11-6-7-12(10-11)20-2/h4-5,9,11-12H,3,6-8,10H2,1-2H3,(H,16,17)(H,18,19). The number of ether oxygens (including phenoxy) is 1. The first-order chi connectivity index (χ1) is 9.74. The maximum atomic E-state index is 12.3. The first-order valence-electron chi connectivity index (χ1n) is 7.27. The summed E-state index contributed by atoms with van der Waals surface area (Å²) in [5, 5.41) is 6.27. The highest BCUT2D eigenvalue weighted by atomic mass is 16.5. The molecular weight excluding hydrogens is 254 g/mol. The van der Waals surface area contributed by atoms with Crippen LogP contribution in [0.25, 0.3) is 0 Å². The molecule has 1 aliphatic rings. The molecule has 0 radical (unpaired) electrons. The molecule has 0 bridgehead atoms. The maximum absolute atomic E-state index is 12.3. The van der Waals surface area contributed by atoms with Gasteiger partial charge >= 0.3 is 0 Å². The lowest BCUT2D eigenvalue weighted by molar-refractivity contribution is 0.0915. The molecule has 20 heavy (non-hydrogen) atoms. The van der Waals surface area contributed by atoms with Crippen LogP contribution >= 0.6 is 0 Å². The van der Waals surface area contributed by atoms with Crippen molar-refractivity contribution in [2.24, 2.45) is 0 Å². The third kappa shape index (κ3) is 3.70. The van der Waals surface area contributed by atoms with Gasteiger partial charge in [-0.15, -0.1) is 0 Å². The molecule has 0 saturated heterocycles. The second-order valence-electron chi connectivity index (χ2n) is 5.17. The quantitative estimate of drug-likeness (QED) is 0.836. The summed E-state index contributed by atoms with van der Waals surface area (Å²) in [6.45, 7) is 2.89. The van der Waals surface area contributed by atoms with Gasteiger partial charge in [0.25, 0.3) is 5.91 Å². The van der Waals surface area contributed by atoms with E-state index < -0.39 is 0 Å². The van der Waals surface area contributed by atoms with Crippen molar-refractivity contribution in [3.8, 4) is 0 Å². The third-order valence-corrected chi connectivity index (χ3v) is 3.65. The van der Waals surface area contributed by atoms with Crippen molar-refractivity contribution in [3.05, 3.63) is 23.9 Å². The maximum Gasteiger partial charge on any atom is 0.255 e. The number of aromatic nitrogens is 1. The smallest absolute Gasteiger partial charge is 0.255 e. The first-order valence-corrected chi connectivity index (χ1v) is 7.27. The zero-order valence-electron chi connectivity index (χ0n) is 12.2. The number of hydrogen-bond acceptors (Lipinski definition) is 4. The van der Waals surface area contributed by atoms with Gasteiger partial charge in [-0.3, -0.25) is 4.79 Å². The van der Waals surface area contributed by atoms with Crippen molar-refractivity contribution in [2.75, 3.05) is 19.0 Å². The Hall–Kier alpha value is -1.62. The topological polar surface area (TPSA) is 63.2 Å². The molecule has 1 saturated carbocycles. The van der Waals surface area contributed by atoms with Gasteiger partial charge in [0.1, 0.15) is 5.82 Å². The van der Waals surface area contributed by atoms with Crippen LogP contribution in [0.5, 0.6) is 0 Å². The lowest BCUT2D eigenvalue weighted by Crippen LogP contribution is -2.34. The Balaban J connectivity index is 1.98. The van der Waals surface area contributed by atoms with Crippen LogP contribution in [0.1, 0.15) is 43.0 Å². The van der Waals surface area contributed by atoms with Gasteiger partial charge in [-0.1, -0.05) is 6.92 Å². The van der Waals surface area contributed by atoms with E-state index in [1.165, 1.54) is 0 Å². The van der Waals surface area contributed by atoms with Gasteiger partial charge in [0.05, 0.1) is 11.7 Å². The summed E-state index contributed by atoms with van der Waals surface area (Å²) in [5.74, 6) is 0.603. The molecule has 1 heterocycles. The van der Waals surface area contributed by atoms with Crippen LogP contribution in [0.2, 0.25) is 0 Å². The minimum atomic E-state index is -0.0570. The van der Waals surface area contributed by atoms with Crippen LogP contribution in [-0.4, -0.2) is 36.7 Å². The number of rotatable bonds is 6. The lowest BCUT2D eigenvalue weighted by atomic mass is 10.2. The number of amides is 1. The Morgan fingerprint density at radius 3 is 3.05 bits per heavy atom. The molecule has 1 aliphatic carbocycles. The van der Waals surface area contributed by atoms with Crippen LogP contribution in [0, 0.1) is 0 Å². The minimum absolute atomic E-state index is 0.0570. The number of carbonyl (C=O) groups excluding carboxylic acids is 1. The number of methoxy groups -OCH3 is 1. The van der Waals surface area contributed by atoms with E-state index in [1.807, 2.05) is 6.07 Å². The molecule has 1 aromatic heterocycles. The second kappa shape index (κ2) is 7.24. The molecule has 0 spiro atoms. The average molecular weight is 277 g/mol. The highest BCUT2D eigenvalue weighted by Gasteiger charge is 2.26. The van der Waals surface area contributed by atoms with E-state index in [-0.39, 0.29) is 18.1 Å². The summed E-state index contributed by atoms with van der Waals surface area (Å²) in [6, 6.07) is 3.80. The summed E-state index contributed by atoms with van der Waals surface area (Å²) < 4.78 is 5.33. The number of nitrogens with one attached hydrogen (secondary N) is 2. The normalized spacial score (nSPS) is 21.7. The van der Waals surface area contributed by atoms with Gasteiger partial charge in [-0.25, -0.2) is 4.98 Å². The number of hydrogen-bond donors (Lipinski definition) is 2. The number of nitrogens with zero attached hydrogens (tertiary/aromatic N) is 1. The van der Waals surface area contributed by atoms with Crippen molar-refractivity contribution in [1.82, 2.24) is 10.3 Å². The van der Waals surface area contributed by atoms with E-state index in [4.69, 9.17) is 4.74 Å². The number of carbonyl (C=O) groups is 1. The van der Waals surface area contributed by atoms with Crippen LogP contribution < -0.4 is 10.6 Å². The molecule has 0 aromatic carbocycles. The van der Waals surface area contributed by atoms with Crippen molar-refractivity contribution in [2.45, 2.75) is 44.8 Å². The van der Waals surface area contributed by atoms with Crippen molar-refractivity contribution >= 4 is 11.7 Å². The van der Waals surface area contributed by atoms with E-state index in [2.05, 4.69) is 22.5 Å². The Kier molecular flexibility index (Phi) is 5.35. The summed E-state index contributed by atoms with van der Waals surface area (Å²) in [6.07, 6.45) is 5.84. The molecule has 110 valence electrons. The lowest BCUT2D eigenvalue weighted by Gasteiger charge is -2.15.